The fraction of sp³-hybridized carbons (Fsp3) is 0.167. The molecule has 1 aromatic rings. The first-order valence-electron chi connectivity index (χ1n) is 4.71. The number of ketones is 1. The van der Waals surface area contributed by atoms with Crippen molar-refractivity contribution in [2.24, 2.45) is 0 Å². The molecule has 0 spiro atoms. The van der Waals surface area contributed by atoms with Gasteiger partial charge in [0, 0.05) is 4.47 Å². The van der Waals surface area contributed by atoms with Crippen LogP contribution in [0.3, 0.4) is 0 Å². The van der Waals surface area contributed by atoms with Crippen LogP contribution in [-0.2, 0) is 4.79 Å². The van der Waals surface area contributed by atoms with E-state index in [1.807, 2.05) is 0 Å². The van der Waals surface area contributed by atoms with Crippen molar-refractivity contribution < 1.29 is 9.59 Å². The molecule has 0 radical (unpaired) electrons. The van der Waals surface area contributed by atoms with Crippen molar-refractivity contribution in [3.63, 3.8) is 0 Å². The van der Waals surface area contributed by atoms with Crippen molar-refractivity contribution in [1.29, 1.82) is 0 Å². The predicted octanol–water partition coefficient (Wildman–Crippen LogP) is 2.00. The van der Waals surface area contributed by atoms with Gasteiger partial charge in [0.05, 0.1) is 17.8 Å². The first kappa shape index (κ1) is 10.9. The quantitative estimate of drug-likeness (QED) is 0.582. The molecule has 0 aromatic heterocycles. The number of amides is 1. The maximum Gasteiger partial charge on any atom is 0.300 e. The number of rotatable bonds is 1. The van der Waals surface area contributed by atoms with Crippen molar-refractivity contribution in [1.82, 2.24) is 0 Å². The third-order valence-corrected chi connectivity index (χ3v) is 3.02. The molecule has 0 fully saturated rings. The smallest absolute Gasteiger partial charge is 0.293 e. The van der Waals surface area contributed by atoms with Gasteiger partial charge < -0.3 is 0 Å². The molecular formula is C12H8BrNO2. The fourth-order valence-electron chi connectivity index (χ4n) is 1.62. The summed E-state index contributed by atoms with van der Waals surface area (Å²) in [5, 5.41) is 0. The van der Waals surface area contributed by atoms with Crippen molar-refractivity contribution in [2.75, 3.05) is 11.4 Å². The number of Topliss-reactive ketones (excluding diaryl/α,β-unsaturated/α-hetero) is 1. The first-order chi connectivity index (χ1) is 7.66. The maximum atomic E-state index is 11.7. The van der Waals surface area contributed by atoms with Gasteiger partial charge in [-0.3, -0.25) is 14.5 Å². The number of carbonyl (C=O) groups excluding carboxylic acids is 2. The standard InChI is InChI=1S/C12H8BrNO2/c1-2-3-7-14-9-6-4-5-8(13)10(9)11(15)12(14)16/h4-6H,7H2,1H3. The Hall–Kier alpha value is -1.60. The minimum atomic E-state index is -0.510. The van der Waals surface area contributed by atoms with Gasteiger partial charge in [0.2, 0.25) is 0 Å². The molecule has 16 heavy (non-hydrogen) atoms. The molecule has 0 saturated heterocycles. The summed E-state index contributed by atoms with van der Waals surface area (Å²) in [7, 11) is 0. The Morgan fingerprint density at radius 3 is 2.81 bits per heavy atom. The zero-order valence-corrected chi connectivity index (χ0v) is 10.2. The summed E-state index contributed by atoms with van der Waals surface area (Å²) in [5.41, 5.74) is 1.07. The molecule has 3 nitrogen and oxygen atoms in total. The highest BCUT2D eigenvalue weighted by Gasteiger charge is 2.36. The highest BCUT2D eigenvalue weighted by Crippen LogP contribution is 2.33. The van der Waals surface area contributed by atoms with Crippen LogP contribution in [0.1, 0.15) is 17.3 Å². The molecule has 0 saturated carbocycles. The van der Waals surface area contributed by atoms with Crippen LogP contribution in [0.4, 0.5) is 5.69 Å². The zero-order chi connectivity index (χ0) is 11.7. The van der Waals surface area contributed by atoms with E-state index in [2.05, 4.69) is 27.8 Å². The molecule has 1 aliphatic heterocycles. The van der Waals surface area contributed by atoms with Gasteiger partial charge in [0.25, 0.3) is 11.7 Å². The molecule has 0 atom stereocenters. The van der Waals surface area contributed by atoms with Crippen LogP contribution in [0.15, 0.2) is 22.7 Å². The van der Waals surface area contributed by atoms with E-state index in [4.69, 9.17) is 0 Å². The summed E-state index contributed by atoms with van der Waals surface area (Å²) in [6.07, 6.45) is 0. The zero-order valence-electron chi connectivity index (χ0n) is 8.58. The summed E-state index contributed by atoms with van der Waals surface area (Å²) in [6.45, 7) is 1.95. The van der Waals surface area contributed by atoms with Crippen LogP contribution in [0.2, 0.25) is 0 Å². The molecule has 80 valence electrons. The molecule has 1 aliphatic rings. The Morgan fingerprint density at radius 2 is 2.12 bits per heavy atom. The number of hydrogen-bond acceptors (Lipinski definition) is 2. The van der Waals surface area contributed by atoms with Crippen molar-refractivity contribution in [3.8, 4) is 11.8 Å². The third-order valence-electron chi connectivity index (χ3n) is 2.36. The molecule has 2 rings (SSSR count). The van der Waals surface area contributed by atoms with E-state index in [1.165, 1.54) is 4.90 Å². The third kappa shape index (κ3) is 1.54. The predicted molar refractivity (Wildman–Crippen MR) is 64.3 cm³/mol. The monoisotopic (exact) mass is 277 g/mol. The van der Waals surface area contributed by atoms with Crippen LogP contribution < -0.4 is 4.90 Å². The Balaban J connectivity index is 2.53. The Morgan fingerprint density at radius 1 is 1.38 bits per heavy atom. The number of hydrogen-bond donors (Lipinski definition) is 0. The van der Waals surface area contributed by atoms with E-state index in [0.717, 1.165) is 0 Å². The highest BCUT2D eigenvalue weighted by molar-refractivity contribution is 9.10. The van der Waals surface area contributed by atoms with Gasteiger partial charge in [0.15, 0.2) is 0 Å². The van der Waals surface area contributed by atoms with Crippen LogP contribution in [0, 0.1) is 11.8 Å². The molecule has 1 amide bonds. The second-order valence-electron chi connectivity index (χ2n) is 3.28. The lowest BCUT2D eigenvalue weighted by molar-refractivity contribution is -0.114. The van der Waals surface area contributed by atoms with E-state index < -0.39 is 11.7 Å². The van der Waals surface area contributed by atoms with Crippen LogP contribution >= 0.6 is 15.9 Å². The van der Waals surface area contributed by atoms with Crippen LogP contribution in [-0.4, -0.2) is 18.2 Å². The number of halogens is 1. The van der Waals surface area contributed by atoms with E-state index in [9.17, 15) is 9.59 Å². The Kier molecular flexibility index (Phi) is 2.80. The highest BCUT2D eigenvalue weighted by atomic mass is 79.9. The minimum absolute atomic E-state index is 0.254. The lowest BCUT2D eigenvalue weighted by Gasteiger charge is -2.12. The normalized spacial score (nSPS) is 13.5. The molecule has 0 N–H and O–H groups in total. The van der Waals surface area contributed by atoms with Gasteiger partial charge in [-0.05, 0) is 35.0 Å². The van der Waals surface area contributed by atoms with Gasteiger partial charge >= 0.3 is 0 Å². The van der Waals surface area contributed by atoms with Gasteiger partial charge in [-0.2, -0.15) is 0 Å². The van der Waals surface area contributed by atoms with E-state index >= 15 is 0 Å². The molecule has 0 unspecified atom stereocenters. The largest absolute Gasteiger partial charge is 0.300 e. The summed E-state index contributed by atoms with van der Waals surface area (Å²) >= 11 is 3.28. The van der Waals surface area contributed by atoms with Crippen molar-refractivity contribution >= 4 is 33.3 Å². The average Bonchev–Trinajstić information content (AvgIpc) is 2.51. The van der Waals surface area contributed by atoms with E-state index in [0.29, 0.717) is 15.7 Å². The molecule has 4 heteroatoms. The van der Waals surface area contributed by atoms with Crippen molar-refractivity contribution in [2.45, 2.75) is 6.92 Å². The molecule has 0 aliphatic carbocycles. The molecule has 1 aromatic carbocycles. The summed E-state index contributed by atoms with van der Waals surface area (Å²) in [6, 6.07) is 5.29. The average molecular weight is 278 g/mol. The topological polar surface area (TPSA) is 37.4 Å². The number of benzene rings is 1. The second kappa shape index (κ2) is 4.11. The van der Waals surface area contributed by atoms with Crippen LogP contribution in [0.25, 0.3) is 0 Å². The summed E-state index contributed by atoms with van der Waals surface area (Å²) in [5.74, 6) is 4.52. The first-order valence-corrected chi connectivity index (χ1v) is 5.50. The molecule has 0 bridgehead atoms. The minimum Gasteiger partial charge on any atom is -0.293 e. The maximum absolute atomic E-state index is 11.7. The number of anilines is 1. The number of fused-ring (bicyclic) bond motifs is 1. The lowest BCUT2D eigenvalue weighted by Crippen LogP contribution is -2.29. The van der Waals surface area contributed by atoms with Crippen LogP contribution in [0.5, 0.6) is 0 Å². The lowest BCUT2D eigenvalue weighted by atomic mass is 10.1. The Bertz CT molecular complexity index is 540. The number of nitrogens with zero attached hydrogens (tertiary/aromatic N) is 1. The van der Waals surface area contributed by atoms with Gasteiger partial charge in [0.1, 0.15) is 0 Å². The number of carbonyl (C=O) groups is 2. The van der Waals surface area contributed by atoms with Gasteiger partial charge in [-0.25, -0.2) is 0 Å². The fourth-order valence-corrected chi connectivity index (χ4v) is 2.15. The van der Waals surface area contributed by atoms with E-state index in [1.54, 1.807) is 25.1 Å². The second-order valence-corrected chi connectivity index (χ2v) is 4.14. The summed E-state index contributed by atoms with van der Waals surface area (Å²) < 4.78 is 0.648. The molecular weight excluding hydrogens is 270 g/mol. The van der Waals surface area contributed by atoms with Gasteiger partial charge in [-0.1, -0.05) is 12.0 Å². The van der Waals surface area contributed by atoms with Gasteiger partial charge in [-0.15, -0.1) is 5.92 Å². The summed E-state index contributed by atoms with van der Waals surface area (Å²) in [4.78, 5) is 24.8. The molecule has 1 heterocycles. The SMILES string of the molecule is CC#CCN1C(=O)C(=O)c2c(Br)cccc21. The van der Waals surface area contributed by atoms with Crippen molar-refractivity contribution in [3.05, 3.63) is 28.2 Å². The van der Waals surface area contributed by atoms with E-state index in [-0.39, 0.29) is 6.54 Å². The Labute approximate surface area is 102 Å².